The molecule has 0 fully saturated rings. The van der Waals surface area contributed by atoms with Gasteiger partial charge in [0.05, 0.1) is 24.3 Å². The van der Waals surface area contributed by atoms with E-state index in [-0.39, 0.29) is 34.0 Å². The molecule has 0 unspecified atom stereocenters. The second kappa shape index (κ2) is 8.69. The van der Waals surface area contributed by atoms with E-state index in [0.29, 0.717) is 22.2 Å². The molecule has 0 aliphatic carbocycles. The Hall–Kier alpha value is -3.37. The Labute approximate surface area is 202 Å². The van der Waals surface area contributed by atoms with E-state index in [4.69, 9.17) is 16.3 Å². The van der Waals surface area contributed by atoms with E-state index < -0.39 is 23.3 Å². The maximum atomic E-state index is 14.2. The third-order valence-corrected chi connectivity index (χ3v) is 5.69. The van der Waals surface area contributed by atoms with Crippen molar-refractivity contribution in [1.82, 2.24) is 19.7 Å². The smallest absolute Gasteiger partial charge is 0.435 e. The number of halogens is 5. The molecular formula is C24H21ClF4N4O2. The summed E-state index contributed by atoms with van der Waals surface area (Å²) < 4.78 is 61.9. The number of benzene rings is 1. The molecule has 2 N–H and O–H groups in total. The predicted molar refractivity (Wildman–Crippen MR) is 125 cm³/mol. The predicted octanol–water partition coefficient (Wildman–Crippen LogP) is 6.08. The van der Waals surface area contributed by atoms with Gasteiger partial charge in [0, 0.05) is 46.2 Å². The quantitative estimate of drug-likeness (QED) is 0.310. The van der Waals surface area contributed by atoms with Crippen molar-refractivity contribution in [3.8, 4) is 16.9 Å². The topological polar surface area (TPSA) is 76.0 Å². The van der Waals surface area contributed by atoms with Gasteiger partial charge in [-0.15, -0.1) is 0 Å². The molecule has 11 heteroatoms. The molecule has 0 saturated carbocycles. The number of hydrogen-bond acceptors (Lipinski definition) is 4. The number of rotatable bonds is 6. The molecule has 184 valence electrons. The third kappa shape index (κ3) is 4.76. The van der Waals surface area contributed by atoms with Crippen molar-refractivity contribution < 1.29 is 27.4 Å². The van der Waals surface area contributed by atoms with Gasteiger partial charge in [0.2, 0.25) is 0 Å². The maximum absolute atomic E-state index is 14.2. The Morgan fingerprint density at radius 2 is 2.00 bits per heavy atom. The lowest BCUT2D eigenvalue weighted by Gasteiger charge is -2.16. The molecule has 35 heavy (non-hydrogen) atoms. The van der Waals surface area contributed by atoms with Gasteiger partial charge in [0.1, 0.15) is 17.2 Å². The van der Waals surface area contributed by atoms with Crippen LogP contribution in [0.4, 0.5) is 17.6 Å². The average molecular weight is 509 g/mol. The van der Waals surface area contributed by atoms with Crippen LogP contribution in [-0.4, -0.2) is 37.6 Å². The molecule has 3 heterocycles. The Balaban J connectivity index is 1.86. The second-order valence-electron chi connectivity index (χ2n) is 8.64. The number of hydrogen-bond donors (Lipinski definition) is 2. The van der Waals surface area contributed by atoms with Gasteiger partial charge in [-0.3, -0.25) is 4.68 Å². The fraction of sp³-hybridized carbons (Fsp3) is 0.250. The highest BCUT2D eigenvalue weighted by Gasteiger charge is 2.38. The van der Waals surface area contributed by atoms with E-state index in [0.717, 1.165) is 10.7 Å². The molecule has 0 aliphatic heterocycles. The average Bonchev–Trinajstić information content (AvgIpc) is 3.37. The van der Waals surface area contributed by atoms with Gasteiger partial charge in [0.25, 0.3) is 0 Å². The van der Waals surface area contributed by atoms with Gasteiger partial charge in [0.15, 0.2) is 5.69 Å². The van der Waals surface area contributed by atoms with Gasteiger partial charge < -0.3 is 14.8 Å². The van der Waals surface area contributed by atoms with Crippen molar-refractivity contribution in [1.29, 1.82) is 0 Å². The molecule has 1 aromatic carbocycles. The zero-order valence-electron chi connectivity index (χ0n) is 19.0. The van der Waals surface area contributed by atoms with Crippen molar-refractivity contribution in [2.75, 3.05) is 7.11 Å². The van der Waals surface area contributed by atoms with Crippen LogP contribution in [-0.2, 0) is 12.7 Å². The summed E-state index contributed by atoms with van der Waals surface area (Å²) in [4.78, 5) is 7.20. The molecule has 6 nitrogen and oxygen atoms in total. The zero-order chi connectivity index (χ0) is 25.7. The molecule has 0 aliphatic rings. The molecule has 4 aromatic rings. The lowest BCUT2D eigenvalue weighted by molar-refractivity contribution is -0.141. The van der Waals surface area contributed by atoms with Gasteiger partial charge >= 0.3 is 6.18 Å². The standard InChI is InChI=1S/C24H21ClF4N4O2/c1-12(19-18(35-4)6-5-17(26)20(19)25)15-9-31-22-14(15)7-13(8-30-22)16-10-33(11-23(2,3)34)32-21(16)24(27,28)29/h5-10,34H,1,11H2,2-4H3,(H,30,31). The number of H-pyrrole nitrogens is 1. The lowest BCUT2D eigenvalue weighted by atomic mass is 9.97. The number of nitrogens with zero attached hydrogens (tertiary/aromatic N) is 3. The minimum Gasteiger partial charge on any atom is -0.496 e. The minimum atomic E-state index is -4.73. The zero-order valence-corrected chi connectivity index (χ0v) is 19.7. The summed E-state index contributed by atoms with van der Waals surface area (Å²) in [5.41, 5.74) is -1.07. The number of pyridine rings is 1. The van der Waals surface area contributed by atoms with Crippen LogP contribution >= 0.6 is 11.6 Å². The molecule has 0 amide bonds. The highest BCUT2D eigenvalue weighted by atomic mass is 35.5. The molecule has 3 aromatic heterocycles. The van der Waals surface area contributed by atoms with Crippen LogP contribution in [0, 0.1) is 5.82 Å². The first-order valence-electron chi connectivity index (χ1n) is 10.4. The first-order valence-corrected chi connectivity index (χ1v) is 10.7. The first-order chi connectivity index (χ1) is 16.3. The van der Waals surface area contributed by atoms with Crippen LogP contribution < -0.4 is 4.74 Å². The SMILES string of the molecule is C=C(c1c(OC)ccc(F)c1Cl)c1c[nH]c2ncc(-c3cn(CC(C)(C)O)nc3C(F)(F)F)cc12. The molecule has 0 bridgehead atoms. The molecule has 0 saturated heterocycles. The van der Waals surface area contributed by atoms with Crippen LogP contribution in [0.15, 0.2) is 43.4 Å². The number of ether oxygens (including phenoxy) is 1. The molecule has 4 rings (SSSR count). The van der Waals surface area contributed by atoms with E-state index in [1.165, 1.54) is 45.5 Å². The van der Waals surface area contributed by atoms with Crippen LogP contribution in [0.2, 0.25) is 5.02 Å². The number of aromatic amines is 1. The van der Waals surface area contributed by atoms with Crippen LogP contribution in [0.1, 0.15) is 30.7 Å². The summed E-state index contributed by atoms with van der Waals surface area (Å²) in [5.74, 6) is -0.386. The third-order valence-electron chi connectivity index (χ3n) is 5.32. The summed E-state index contributed by atoms with van der Waals surface area (Å²) in [6.45, 7) is 6.83. The molecule has 0 atom stereocenters. The van der Waals surface area contributed by atoms with Gasteiger partial charge in [-0.2, -0.15) is 18.3 Å². The summed E-state index contributed by atoms with van der Waals surface area (Å²) in [6, 6.07) is 4.09. The van der Waals surface area contributed by atoms with Crippen LogP contribution in [0.25, 0.3) is 27.7 Å². The van der Waals surface area contributed by atoms with Gasteiger partial charge in [-0.05, 0) is 37.6 Å². The number of aliphatic hydroxyl groups is 1. The van der Waals surface area contributed by atoms with Crippen LogP contribution in [0.5, 0.6) is 5.75 Å². The fourth-order valence-electron chi connectivity index (χ4n) is 3.84. The molecule has 0 spiro atoms. The summed E-state index contributed by atoms with van der Waals surface area (Å²) in [6.07, 6.45) is -0.659. The molecular weight excluding hydrogens is 488 g/mol. The maximum Gasteiger partial charge on any atom is 0.435 e. The highest BCUT2D eigenvalue weighted by Crippen LogP contribution is 2.41. The number of aromatic nitrogens is 4. The summed E-state index contributed by atoms with van der Waals surface area (Å²) >= 11 is 6.20. The van der Waals surface area contributed by atoms with E-state index in [1.54, 1.807) is 6.20 Å². The Kier molecular flexibility index (Phi) is 6.14. The van der Waals surface area contributed by atoms with Crippen molar-refractivity contribution in [3.05, 3.63) is 71.0 Å². The Morgan fingerprint density at radius 1 is 1.29 bits per heavy atom. The summed E-state index contributed by atoms with van der Waals surface area (Å²) in [5, 5.41) is 13.9. The number of fused-ring (bicyclic) bond motifs is 1. The summed E-state index contributed by atoms with van der Waals surface area (Å²) in [7, 11) is 1.40. The number of nitrogens with one attached hydrogen (secondary N) is 1. The number of alkyl halides is 3. The van der Waals surface area contributed by atoms with E-state index in [2.05, 4.69) is 21.6 Å². The van der Waals surface area contributed by atoms with E-state index >= 15 is 0 Å². The van der Waals surface area contributed by atoms with Gasteiger partial charge in [-0.25, -0.2) is 9.37 Å². The largest absolute Gasteiger partial charge is 0.496 e. The highest BCUT2D eigenvalue weighted by molar-refractivity contribution is 6.33. The Morgan fingerprint density at radius 3 is 2.63 bits per heavy atom. The van der Waals surface area contributed by atoms with Crippen molar-refractivity contribution in [2.45, 2.75) is 32.2 Å². The monoisotopic (exact) mass is 508 g/mol. The van der Waals surface area contributed by atoms with Crippen molar-refractivity contribution in [3.63, 3.8) is 0 Å². The lowest BCUT2D eigenvalue weighted by Crippen LogP contribution is -2.26. The first kappa shape index (κ1) is 24.7. The second-order valence-corrected chi connectivity index (χ2v) is 9.02. The minimum absolute atomic E-state index is 0.143. The molecule has 0 radical (unpaired) electrons. The van der Waals surface area contributed by atoms with Crippen LogP contribution in [0.3, 0.4) is 0 Å². The normalized spacial score (nSPS) is 12.4. The van der Waals surface area contributed by atoms with Crippen molar-refractivity contribution >= 4 is 28.2 Å². The fourth-order valence-corrected chi connectivity index (χ4v) is 4.11. The Bertz CT molecular complexity index is 1430. The van der Waals surface area contributed by atoms with E-state index in [9.17, 15) is 22.7 Å². The van der Waals surface area contributed by atoms with E-state index in [1.807, 2.05) is 0 Å². The number of methoxy groups -OCH3 is 1. The van der Waals surface area contributed by atoms with Crippen molar-refractivity contribution in [2.24, 2.45) is 0 Å². The van der Waals surface area contributed by atoms with Gasteiger partial charge in [-0.1, -0.05) is 18.2 Å².